The summed E-state index contributed by atoms with van der Waals surface area (Å²) in [6.45, 7) is 12.7. The van der Waals surface area contributed by atoms with Gasteiger partial charge in [0, 0.05) is 11.2 Å². The van der Waals surface area contributed by atoms with Gasteiger partial charge in [-0.15, -0.1) is 0 Å². The van der Waals surface area contributed by atoms with Gasteiger partial charge in [-0.3, -0.25) is 0 Å². The number of hydrogen-bond donors (Lipinski definition) is 0. The fraction of sp³-hybridized carbons (Fsp3) is 1.00. The quantitative estimate of drug-likeness (QED) is 0.726. The molecule has 2 fully saturated rings. The van der Waals surface area contributed by atoms with Gasteiger partial charge < -0.3 is 9.31 Å². The molecule has 2 saturated heterocycles. The van der Waals surface area contributed by atoms with E-state index in [9.17, 15) is 0 Å². The molecule has 0 aliphatic carbocycles. The lowest BCUT2D eigenvalue weighted by molar-refractivity contribution is 0.132. The summed E-state index contributed by atoms with van der Waals surface area (Å²) in [6.07, 6.45) is 6.06. The highest BCUT2D eigenvalue weighted by atomic mass is 16.5. The van der Waals surface area contributed by atoms with Gasteiger partial charge in [0.1, 0.15) is 7.28 Å². The van der Waals surface area contributed by atoms with Crippen LogP contribution in [0.15, 0.2) is 0 Å². The average molecular weight is 273 g/mol. The first kappa shape index (κ1) is 16.5. The third-order valence-electron chi connectivity index (χ3n) is 4.21. The van der Waals surface area contributed by atoms with Crippen molar-refractivity contribution in [3.05, 3.63) is 0 Å². The molecule has 3 radical (unpaired) electrons. The molecule has 0 amide bonds. The van der Waals surface area contributed by atoms with Crippen LogP contribution in [0.5, 0.6) is 0 Å². The van der Waals surface area contributed by atoms with Crippen molar-refractivity contribution >= 4 is 22.2 Å². The lowest BCUT2D eigenvalue weighted by Gasteiger charge is -2.39. The minimum Gasteiger partial charge on any atom is -0.436 e. The highest BCUT2D eigenvalue weighted by molar-refractivity contribution is 6.71. The highest BCUT2D eigenvalue weighted by Gasteiger charge is 2.53. The van der Waals surface area contributed by atoms with Crippen molar-refractivity contribution in [1.82, 2.24) is 0 Å². The first-order valence-electron chi connectivity index (χ1n) is 7.95. The molecule has 0 saturated carbocycles. The van der Waals surface area contributed by atoms with Crippen LogP contribution in [0.3, 0.4) is 0 Å². The van der Waals surface area contributed by atoms with Crippen molar-refractivity contribution in [2.45, 2.75) is 95.3 Å². The lowest BCUT2D eigenvalue weighted by atomic mass is 9.26. The Morgan fingerprint density at radius 1 is 0.750 bits per heavy atom. The zero-order valence-corrected chi connectivity index (χ0v) is 14.1. The minimum absolute atomic E-state index is 0.100. The van der Waals surface area contributed by atoms with Crippen molar-refractivity contribution in [3.8, 4) is 0 Å². The molecule has 2 heterocycles. The molecule has 0 aromatic heterocycles. The standard InChI is InChI=1S/C15H28B3O2/c1-12(2,3)19-17-14-8-7-9-15(16-14,11-10-14)18-20-13(4,5)6/h7-11H2,1-6H3. The smallest absolute Gasteiger partial charge is 0.291 e. The van der Waals surface area contributed by atoms with Gasteiger partial charge in [-0.25, -0.2) is 0 Å². The van der Waals surface area contributed by atoms with Gasteiger partial charge in [0.15, 0.2) is 0 Å². The van der Waals surface area contributed by atoms with Gasteiger partial charge in [-0.2, -0.15) is 0 Å². The Morgan fingerprint density at radius 2 is 1.15 bits per heavy atom. The first-order chi connectivity index (χ1) is 9.04. The Kier molecular flexibility index (Phi) is 4.44. The summed E-state index contributed by atoms with van der Waals surface area (Å²) in [5.41, 5.74) is -0.201. The summed E-state index contributed by atoms with van der Waals surface area (Å²) in [7, 11) is 6.72. The van der Waals surface area contributed by atoms with Crippen LogP contribution in [0.2, 0.25) is 10.4 Å². The summed E-state index contributed by atoms with van der Waals surface area (Å²) >= 11 is 0. The van der Waals surface area contributed by atoms with Gasteiger partial charge in [-0.1, -0.05) is 42.5 Å². The SMILES string of the molecule is CC(C)(C)O[B]C12[B]C([B]OC(C)(C)C)(CCC1)CC2. The monoisotopic (exact) mass is 273 g/mol. The zero-order valence-electron chi connectivity index (χ0n) is 14.1. The predicted molar refractivity (Wildman–Crippen MR) is 87.4 cm³/mol. The van der Waals surface area contributed by atoms with E-state index in [1.807, 2.05) is 0 Å². The average Bonchev–Trinajstić information content (AvgIpc) is 2.56. The van der Waals surface area contributed by atoms with Gasteiger partial charge in [0.05, 0.1) is 0 Å². The minimum atomic E-state index is -0.100. The number of hydrogen-bond acceptors (Lipinski definition) is 2. The van der Waals surface area contributed by atoms with E-state index in [0.29, 0.717) is 0 Å². The molecule has 0 N–H and O–H groups in total. The maximum Gasteiger partial charge on any atom is 0.291 e. The van der Waals surface area contributed by atoms with Crippen LogP contribution in [0.25, 0.3) is 0 Å². The van der Waals surface area contributed by atoms with Crippen LogP contribution in [0.4, 0.5) is 0 Å². The molecule has 20 heavy (non-hydrogen) atoms. The lowest BCUT2D eigenvalue weighted by Crippen LogP contribution is -2.40. The molecule has 2 atom stereocenters. The second-order valence-corrected chi connectivity index (χ2v) is 8.66. The maximum absolute atomic E-state index is 5.97. The Bertz CT molecular complexity index is 316. The van der Waals surface area contributed by atoms with Crippen LogP contribution in [0, 0.1) is 0 Å². The normalized spacial score (nSPS) is 33.7. The van der Waals surface area contributed by atoms with Crippen LogP contribution in [-0.2, 0) is 9.31 Å². The van der Waals surface area contributed by atoms with Crippen molar-refractivity contribution in [2.75, 3.05) is 0 Å². The summed E-state index contributed by atoms with van der Waals surface area (Å²) in [4.78, 5) is 0. The number of fused-ring (bicyclic) bond motifs is 2. The van der Waals surface area contributed by atoms with E-state index in [4.69, 9.17) is 9.31 Å². The molecule has 5 heteroatoms. The molecule has 2 aliphatic heterocycles. The third kappa shape index (κ3) is 4.30. The third-order valence-corrected chi connectivity index (χ3v) is 4.21. The van der Waals surface area contributed by atoms with E-state index in [1.54, 1.807) is 0 Å². The maximum atomic E-state index is 5.97. The molecule has 2 bridgehead atoms. The fourth-order valence-electron chi connectivity index (χ4n) is 3.22. The van der Waals surface area contributed by atoms with Crippen molar-refractivity contribution < 1.29 is 9.31 Å². The van der Waals surface area contributed by atoms with Gasteiger partial charge in [-0.05, 0) is 41.5 Å². The Labute approximate surface area is 127 Å². The largest absolute Gasteiger partial charge is 0.436 e. The van der Waals surface area contributed by atoms with Crippen LogP contribution < -0.4 is 0 Å². The summed E-state index contributed by atoms with van der Waals surface area (Å²) in [5.74, 6) is 0. The zero-order chi connectivity index (χ0) is 15.1. The molecular formula is C15H28B3O2. The molecule has 2 rings (SSSR count). The topological polar surface area (TPSA) is 18.5 Å². The molecule has 109 valence electrons. The van der Waals surface area contributed by atoms with Crippen molar-refractivity contribution in [1.29, 1.82) is 0 Å². The van der Waals surface area contributed by atoms with Gasteiger partial charge in [0.25, 0.3) is 15.0 Å². The van der Waals surface area contributed by atoms with E-state index < -0.39 is 0 Å². The van der Waals surface area contributed by atoms with Crippen molar-refractivity contribution in [2.24, 2.45) is 0 Å². The second kappa shape index (κ2) is 5.39. The predicted octanol–water partition coefficient (Wildman–Crippen LogP) is 3.77. The van der Waals surface area contributed by atoms with E-state index in [0.717, 1.165) is 0 Å². The Hall–Kier alpha value is 0.115. The molecule has 0 spiro atoms. The van der Waals surface area contributed by atoms with Crippen LogP contribution in [0.1, 0.15) is 73.6 Å². The first-order valence-corrected chi connectivity index (χ1v) is 7.95. The summed E-state index contributed by atoms with van der Waals surface area (Å²) in [5, 5.41) is 0.312. The molecule has 0 aromatic carbocycles. The Balaban J connectivity index is 1.96. The van der Waals surface area contributed by atoms with Crippen molar-refractivity contribution in [3.63, 3.8) is 0 Å². The highest BCUT2D eigenvalue weighted by Crippen LogP contribution is 2.60. The van der Waals surface area contributed by atoms with E-state index in [2.05, 4.69) is 63.8 Å². The molecular weight excluding hydrogens is 245 g/mol. The summed E-state index contributed by atoms with van der Waals surface area (Å²) in [6, 6.07) is 0. The summed E-state index contributed by atoms with van der Waals surface area (Å²) < 4.78 is 11.9. The molecule has 0 aromatic rings. The molecule has 2 aliphatic rings. The molecule has 2 nitrogen and oxygen atoms in total. The van der Waals surface area contributed by atoms with Gasteiger partial charge >= 0.3 is 0 Å². The van der Waals surface area contributed by atoms with Crippen LogP contribution >= 0.6 is 0 Å². The second-order valence-electron chi connectivity index (χ2n) is 8.66. The van der Waals surface area contributed by atoms with E-state index >= 15 is 0 Å². The Morgan fingerprint density at radius 3 is 1.50 bits per heavy atom. The fourth-order valence-corrected chi connectivity index (χ4v) is 3.22. The van der Waals surface area contributed by atoms with E-state index in [1.165, 1.54) is 32.1 Å². The van der Waals surface area contributed by atoms with E-state index in [-0.39, 0.29) is 21.6 Å². The number of rotatable bonds is 4. The van der Waals surface area contributed by atoms with Crippen LogP contribution in [-0.4, -0.2) is 33.4 Å². The molecule has 2 unspecified atom stereocenters. The van der Waals surface area contributed by atoms with Gasteiger partial charge in [0.2, 0.25) is 0 Å².